The largest absolute Gasteiger partial charge is 0.316 e. The Bertz CT molecular complexity index is 634. The summed E-state index contributed by atoms with van der Waals surface area (Å²) in [6, 6.07) is 12.3. The molecule has 4 nitrogen and oxygen atoms in total. The van der Waals surface area contributed by atoms with Crippen LogP contribution in [0.1, 0.15) is 5.56 Å². The van der Waals surface area contributed by atoms with Crippen LogP contribution in [0, 0.1) is 10.1 Å². The predicted molar refractivity (Wildman–Crippen MR) is 81.4 cm³/mol. The zero-order chi connectivity index (χ0) is 14.5. The Hall–Kier alpha value is -1.56. The zero-order valence-corrected chi connectivity index (χ0v) is 12.4. The first kappa shape index (κ1) is 14.8. The molecule has 2 aromatic carbocycles. The van der Waals surface area contributed by atoms with Gasteiger partial charge in [-0.05, 0) is 36.9 Å². The maximum Gasteiger partial charge on any atom is 0.283 e. The van der Waals surface area contributed by atoms with Crippen molar-refractivity contribution in [1.82, 2.24) is 5.32 Å². The molecule has 104 valence electrons. The molecule has 0 saturated carbocycles. The van der Waals surface area contributed by atoms with Crippen LogP contribution in [-0.4, -0.2) is 12.0 Å². The molecule has 0 atom stereocenters. The van der Waals surface area contributed by atoms with Crippen LogP contribution in [0.3, 0.4) is 0 Å². The molecule has 2 aromatic rings. The third-order valence-electron chi connectivity index (χ3n) is 2.67. The Labute approximate surface area is 126 Å². The number of nitrogens with one attached hydrogen (secondary N) is 1. The third kappa shape index (κ3) is 3.50. The minimum absolute atomic E-state index is 0.114. The topological polar surface area (TPSA) is 55.2 Å². The summed E-state index contributed by atoms with van der Waals surface area (Å²) in [6.07, 6.45) is 0. The van der Waals surface area contributed by atoms with E-state index >= 15 is 0 Å². The smallest absolute Gasteiger partial charge is 0.283 e. The number of hydrogen-bond acceptors (Lipinski definition) is 4. The zero-order valence-electron chi connectivity index (χ0n) is 10.8. The van der Waals surface area contributed by atoms with Crippen LogP contribution < -0.4 is 5.32 Å². The first-order valence-corrected chi connectivity index (χ1v) is 7.15. The quantitative estimate of drug-likeness (QED) is 0.667. The molecule has 0 fully saturated rings. The van der Waals surface area contributed by atoms with Crippen LogP contribution in [0.2, 0.25) is 5.02 Å². The molecule has 1 N–H and O–H groups in total. The molecular weight excluding hydrogens is 296 g/mol. The minimum Gasteiger partial charge on any atom is -0.316 e. The highest BCUT2D eigenvalue weighted by molar-refractivity contribution is 7.99. The van der Waals surface area contributed by atoms with Crippen LogP contribution in [-0.2, 0) is 6.54 Å². The van der Waals surface area contributed by atoms with Crippen molar-refractivity contribution in [3.05, 3.63) is 63.2 Å². The number of rotatable bonds is 5. The van der Waals surface area contributed by atoms with Gasteiger partial charge in [0.2, 0.25) is 0 Å². The van der Waals surface area contributed by atoms with E-state index < -0.39 is 0 Å². The minimum atomic E-state index is -0.365. The number of nitro groups is 1. The molecule has 2 rings (SSSR count). The van der Waals surface area contributed by atoms with Crippen molar-refractivity contribution < 1.29 is 4.92 Å². The number of hydrogen-bond donors (Lipinski definition) is 1. The van der Waals surface area contributed by atoms with Gasteiger partial charge in [-0.3, -0.25) is 10.1 Å². The Morgan fingerprint density at radius 3 is 2.70 bits per heavy atom. The van der Waals surface area contributed by atoms with Crippen LogP contribution >= 0.6 is 23.4 Å². The molecule has 0 unspecified atom stereocenters. The summed E-state index contributed by atoms with van der Waals surface area (Å²) in [6.45, 7) is 0.656. The van der Waals surface area contributed by atoms with Crippen LogP contribution in [0.4, 0.5) is 5.69 Å². The third-order valence-corrected chi connectivity index (χ3v) is 4.09. The lowest BCUT2D eigenvalue weighted by molar-refractivity contribution is -0.387. The van der Waals surface area contributed by atoms with Crippen molar-refractivity contribution in [3.8, 4) is 0 Å². The highest BCUT2D eigenvalue weighted by atomic mass is 35.5. The Kier molecular flexibility index (Phi) is 5.00. The molecule has 0 saturated heterocycles. The van der Waals surface area contributed by atoms with Crippen molar-refractivity contribution in [1.29, 1.82) is 0 Å². The number of halogens is 1. The second-order valence-corrected chi connectivity index (χ2v) is 5.63. The second kappa shape index (κ2) is 6.74. The van der Waals surface area contributed by atoms with E-state index in [9.17, 15) is 10.1 Å². The molecule has 0 aliphatic heterocycles. The normalized spacial score (nSPS) is 10.5. The molecule has 0 heterocycles. The van der Waals surface area contributed by atoms with Gasteiger partial charge in [0, 0.05) is 22.5 Å². The van der Waals surface area contributed by atoms with E-state index in [0.29, 0.717) is 16.5 Å². The molecule has 0 spiro atoms. The first-order chi connectivity index (χ1) is 9.61. The van der Waals surface area contributed by atoms with Crippen LogP contribution in [0.15, 0.2) is 52.3 Å². The highest BCUT2D eigenvalue weighted by Gasteiger charge is 2.15. The Morgan fingerprint density at radius 1 is 1.25 bits per heavy atom. The van der Waals surface area contributed by atoms with Gasteiger partial charge >= 0.3 is 0 Å². The van der Waals surface area contributed by atoms with E-state index in [1.807, 2.05) is 19.2 Å². The Balaban J connectivity index is 2.37. The van der Waals surface area contributed by atoms with E-state index in [1.165, 1.54) is 17.8 Å². The number of para-hydroxylation sites is 1. The number of nitro benzene ring substituents is 1. The summed E-state index contributed by atoms with van der Waals surface area (Å²) in [5.74, 6) is 0. The van der Waals surface area contributed by atoms with Crippen molar-refractivity contribution >= 4 is 29.1 Å². The lowest BCUT2D eigenvalue weighted by Crippen LogP contribution is -2.06. The van der Waals surface area contributed by atoms with Gasteiger partial charge in [-0.15, -0.1) is 0 Å². The van der Waals surface area contributed by atoms with Crippen molar-refractivity contribution in [2.24, 2.45) is 0 Å². The Morgan fingerprint density at radius 2 is 2.00 bits per heavy atom. The summed E-state index contributed by atoms with van der Waals surface area (Å²) in [5, 5.41) is 14.8. The summed E-state index contributed by atoms with van der Waals surface area (Å²) in [5.41, 5.74) is 1.13. The fraction of sp³-hybridized carbons (Fsp3) is 0.143. The molecule has 0 amide bonds. The molecule has 0 bridgehead atoms. The molecular formula is C14H13ClN2O2S. The fourth-order valence-corrected chi connectivity index (χ4v) is 3.01. The maximum absolute atomic E-state index is 11.0. The second-order valence-electron chi connectivity index (χ2n) is 4.11. The van der Waals surface area contributed by atoms with E-state index in [2.05, 4.69) is 5.32 Å². The molecule has 6 heteroatoms. The van der Waals surface area contributed by atoms with Gasteiger partial charge in [0.1, 0.15) is 0 Å². The maximum atomic E-state index is 11.0. The predicted octanol–water partition coefficient (Wildman–Crippen LogP) is 4.12. The molecule has 0 radical (unpaired) electrons. The van der Waals surface area contributed by atoms with Crippen LogP contribution in [0.5, 0.6) is 0 Å². The first-order valence-electron chi connectivity index (χ1n) is 5.96. The van der Waals surface area contributed by atoms with E-state index in [4.69, 9.17) is 11.6 Å². The molecule has 0 aliphatic carbocycles. The van der Waals surface area contributed by atoms with Crippen LogP contribution in [0.25, 0.3) is 0 Å². The summed E-state index contributed by atoms with van der Waals surface area (Å²) in [7, 11) is 1.85. The standard InChI is InChI=1S/C14H13ClN2O2S/c1-16-9-10-8-11(15)6-7-13(10)20-14-5-3-2-4-12(14)17(18)19/h2-8,16H,9H2,1H3. The summed E-state index contributed by atoms with van der Waals surface area (Å²) in [4.78, 5) is 12.2. The van der Waals surface area contributed by atoms with Gasteiger partial charge in [-0.1, -0.05) is 35.5 Å². The van der Waals surface area contributed by atoms with Crippen molar-refractivity contribution in [2.75, 3.05) is 7.05 Å². The van der Waals surface area contributed by atoms with E-state index in [-0.39, 0.29) is 10.6 Å². The van der Waals surface area contributed by atoms with Gasteiger partial charge in [0.15, 0.2) is 0 Å². The number of benzene rings is 2. The lowest BCUT2D eigenvalue weighted by Gasteiger charge is -2.09. The van der Waals surface area contributed by atoms with Gasteiger partial charge in [-0.25, -0.2) is 0 Å². The SMILES string of the molecule is CNCc1cc(Cl)ccc1Sc1ccccc1[N+](=O)[O-]. The fourth-order valence-electron chi connectivity index (χ4n) is 1.79. The van der Waals surface area contributed by atoms with Crippen molar-refractivity contribution in [3.63, 3.8) is 0 Å². The molecule has 0 aliphatic rings. The highest BCUT2D eigenvalue weighted by Crippen LogP contribution is 2.37. The van der Waals surface area contributed by atoms with Crippen molar-refractivity contribution in [2.45, 2.75) is 16.3 Å². The van der Waals surface area contributed by atoms with Gasteiger partial charge in [0.05, 0.1) is 9.82 Å². The van der Waals surface area contributed by atoms with Gasteiger partial charge in [0.25, 0.3) is 5.69 Å². The molecule has 20 heavy (non-hydrogen) atoms. The monoisotopic (exact) mass is 308 g/mol. The van der Waals surface area contributed by atoms with Gasteiger partial charge in [-0.2, -0.15) is 0 Å². The average Bonchev–Trinajstić information content (AvgIpc) is 2.42. The van der Waals surface area contributed by atoms with E-state index in [1.54, 1.807) is 24.3 Å². The molecule has 0 aromatic heterocycles. The number of nitrogens with zero attached hydrogens (tertiary/aromatic N) is 1. The summed E-state index contributed by atoms with van der Waals surface area (Å²) < 4.78 is 0. The van der Waals surface area contributed by atoms with Gasteiger partial charge < -0.3 is 5.32 Å². The average molecular weight is 309 g/mol. The summed E-state index contributed by atoms with van der Waals surface area (Å²) >= 11 is 7.37. The van der Waals surface area contributed by atoms with E-state index in [0.717, 1.165) is 10.5 Å². The lowest BCUT2D eigenvalue weighted by atomic mass is 10.2.